The third-order valence-electron chi connectivity index (χ3n) is 3.91. The number of rotatable bonds is 5. The standard InChI is InChI=1S/C17H18N2O4/c20-16(19-13-8-4-5-9-13)15(12-6-2-1-3-7-12)22-17(21)14-10-11-18-23-14/h1-3,6-7,10-11,13,15H,4-5,8-9H2,(H,19,20)/t15-/m1/s1. The van der Waals surface area contributed by atoms with Crippen LogP contribution in [0.15, 0.2) is 47.1 Å². The van der Waals surface area contributed by atoms with Crippen molar-refractivity contribution in [1.29, 1.82) is 0 Å². The molecule has 23 heavy (non-hydrogen) atoms. The maximum Gasteiger partial charge on any atom is 0.378 e. The first kappa shape index (κ1) is 15.3. The molecule has 6 heteroatoms. The summed E-state index contributed by atoms with van der Waals surface area (Å²) in [5, 5.41) is 6.44. The fraction of sp³-hybridized carbons (Fsp3) is 0.353. The summed E-state index contributed by atoms with van der Waals surface area (Å²) in [5.74, 6) is -1.05. The molecule has 1 saturated carbocycles. The predicted octanol–water partition coefficient (Wildman–Crippen LogP) is 2.63. The van der Waals surface area contributed by atoms with Gasteiger partial charge in [-0.3, -0.25) is 4.79 Å². The minimum atomic E-state index is -1.01. The molecule has 1 aliphatic carbocycles. The Morgan fingerprint density at radius 2 is 1.91 bits per heavy atom. The Kier molecular flexibility index (Phi) is 4.71. The zero-order valence-electron chi connectivity index (χ0n) is 12.6. The van der Waals surface area contributed by atoms with Gasteiger partial charge in [0.15, 0.2) is 0 Å². The van der Waals surface area contributed by atoms with Gasteiger partial charge >= 0.3 is 5.97 Å². The molecule has 0 unspecified atom stereocenters. The average Bonchev–Trinajstić information content (AvgIpc) is 3.26. The van der Waals surface area contributed by atoms with Crippen LogP contribution in [-0.2, 0) is 9.53 Å². The molecule has 1 aliphatic rings. The molecule has 1 N–H and O–H groups in total. The minimum Gasteiger partial charge on any atom is -0.441 e. The lowest BCUT2D eigenvalue weighted by Crippen LogP contribution is -2.38. The van der Waals surface area contributed by atoms with Gasteiger partial charge in [0.05, 0.1) is 6.20 Å². The van der Waals surface area contributed by atoms with Gasteiger partial charge in [-0.25, -0.2) is 4.79 Å². The Hall–Kier alpha value is -2.63. The van der Waals surface area contributed by atoms with Crippen molar-refractivity contribution in [1.82, 2.24) is 10.5 Å². The van der Waals surface area contributed by atoms with Gasteiger partial charge in [-0.15, -0.1) is 0 Å². The lowest BCUT2D eigenvalue weighted by molar-refractivity contribution is -0.131. The summed E-state index contributed by atoms with van der Waals surface area (Å²) in [6.45, 7) is 0. The van der Waals surface area contributed by atoms with Gasteiger partial charge in [-0.05, 0) is 12.8 Å². The van der Waals surface area contributed by atoms with Gasteiger partial charge in [-0.2, -0.15) is 0 Å². The van der Waals surface area contributed by atoms with Crippen LogP contribution in [-0.4, -0.2) is 23.1 Å². The minimum absolute atomic E-state index is 0.0282. The highest BCUT2D eigenvalue weighted by Crippen LogP contribution is 2.22. The highest BCUT2D eigenvalue weighted by molar-refractivity contribution is 5.90. The molecule has 0 aliphatic heterocycles. The Balaban J connectivity index is 1.76. The lowest BCUT2D eigenvalue weighted by Gasteiger charge is -2.20. The summed E-state index contributed by atoms with van der Waals surface area (Å²) in [4.78, 5) is 24.7. The largest absolute Gasteiger partial charge is 0.441 e. The fourth-order valence-electron chi connectivity index (χ4n) is 2.73. The number of hydrogen-bond donors (Lipinski definition) is 1. The van der Waals surface area contributed by atoms with E-state index in [-0.39, 0.29) is 17.7 Å². The van der Waals surface area contributed by atoms with Crippen molar-refractivity contribution in [3.8, 4) is 0 Å². The van der Waals surface area contributed by atoms with Gasteiger partial charge in [0.25, 0.3) is 5.91 Å². The summed E-state index contributed by atoms with van der Waals surface area (Å²) in [5.41, 5.74) is 0.621. The van der Waals surface area contributed by atoms with Crippen LogP contribution in [0.3, 0.4) is 0 Å². The molecule has 1 atom stereocenters. The smallest absolute Gasteiger partial charge is 0.378 e. The van der Waals surface area contributed by atoms with Gasteiger partial charge in [0.1, 0.15) is 0 Å². The second-order valence-electron chi connectivity index (χ2n) is 5.56. The van der Waals surface area contributed by atoms with Crippen molar-refractivity contribution in [2.45, 2.75) is 37.8 Å². The van der Waals surface area contributed by atoms with Crippen molar-refractivity contribution in [2.24, 2.45) is 0 Å². The van der Waals surface area contributed by atoms with E-state index in [9.17, 15) is 9.59 Å². The summed E-state index contributed by atoms with van der Waals surface area (Å²) in [6, 6.07) is 10.5. The maximum absolute atomic E-state index is 12.6. The summed E-state index contributed by atoms with van der Waals surface area (Å²) < 4.78 is 10.2. The molecule has 0 radical (unpaired) electrons. The molecule has 2 aromatic rings. The highest BCUT2D eigenvalue weighted by Gasteiger charge is 2.29. The lowest BCUT2D eigenvalue weighted by atomic mass is 10.1. The molecular weight excluding hydrogens is 296 g/mol. The number of benzene rings is 1. The Morgan fingerprint density at radius 3 is 2.57 bits per heavy atom. The molecule has 1 heterocycles. The Labute approximate surface area is 133 Å². The van der Waals surface area contributed by atoms with Gasteiger partial charge in [-0.1, -0.05) is 48.3 Å². The monoisotopic (exact) mass is 314 g/mol. The quantitative estimate of drug-likeness (QED) is 0.858. The molecule has 1 aromatic heterocycles. The average molecular weight is 314 g/mol. The molecule has 3 rings (SSSR count). The van der Waals surface area contributed by atoms with E-state index in [1.54, 1.807) is 24.3 Å². The number of amides is 1. The normalized spacial score (nSPS) is 16.0. The molecule has 1 amide bonds. The van der Waals surface area contributed by atoms with Crippen LogP contribution >= 0.6 is 0 Å². The van der Waals surface area contributed by atoms with Crippen molar-refractivity contribution < 1.29 is 18.8 Å². The van der Waals surface area contributed by atoms with Crippen LogP contribution in [0.25, 0.3) is 0 Å². The molecule has 0 saturated heterocycles. The maximum atomic E-state index is 12.6. The van der Waals surface area contributed by atoms with Crippen molar-refractivity contribution in [3.05, 3.63) is 53.9 Å². The van der Waals surface area contributed by atoms with Gasteiger partial charge < -0.3 is 14.6 Å². The highest BCUT2D eigenvalue weighted by atomic mass is 16.6. The predicted molar refractivity (Wildman–Crippen MR) is 81.5 cm³/mol. The molecule has 0 bridgehead atoms. The number of nitrogens with one attached hydrogen (secondary N) is 1. The summed E-state index contributed by atoms with van der Waals surface area (Å²) >= 11 is 0. The van der Waals surface area contributed by atoms with E-state index in [2.05, 4.69) is 10.5 Å². The molecule has 6 nitrogen and oxygen atoms in total. The SMILES string of the molecule is O=C(O[C@@H](C(=O)NC1CCCC1)c1ccccc1)c1ccno1. The first-order chi connectivity index (χ1) is 11.2. The molecule has 1 aromatic carbocycles. The van der Waals surface area contributed by atoms with E-state index < -0.39 is 12.1 Å². The fourth-order valence-corrected chi connectivity index (χ4v) is 2.73. The van der Waals surface area contributed by atoms with Gasteiger partial charge in [0.2, 0.25) is 11.9 Å². The molecule has 0 spiro atoms. The Bertz CT molecular complexity index is 648. The number of carbonyl (C=O) groups is 2. The number of nitrogens with zero attached hydrogens (tertiary/aromatic N) is 1. The first-order valence-corrected chi connectivity index (χ1v) is 7.71. The second-order valence-corrected chi connectivity index (χ2v) is 5.56. The van der Waals surface area contributed by atoms with E-state index in [0.29, 0.717) is 5.56 Å². The third kappa shape index (κ3) is 3.77. The van der Waals surface area contributed by atoms with Crippen molar-refractivity contribution >= 4 is 11.9 Å². The number of ether oxygens (including phenoxy) is 1. The molecule has 120 valence electrons. The Morgan fingerprint density at radius 1 is 1.17 bits per heavy atom. The summed E-state index contributed by atoms with van der Waals surface area (Å²) in [6.07, 6.45) is 4.49. The van der Waals surface area contributed by atoms with Crippen molar-refractivity contribution in [3.63, 3.8) is 0 Å². The number of carbonyl (C=O) groups excluding carboxylic acids is 2. The van der Waals surface area contributed by atoms with Gasteiger partial charge in [0, 0.05) is 17.7 Å². The van der Waals surface area contributed by atoms with Crippen LogP contribution < -0.4 is 5.32 Å². The van der Waals surface area contributed by atoms with E-state index in [0.717, 1.165) is 25.7 Å². The van der Waals surface area contributed by atoms with Crippen LogP contribution in [0.5, 0.6) is 0 Å². The van der Waals surface area contributed by atoms with E-state index >= 15 is 0 Å². The number of hydrogen-bond acceptors (Lipinski definition) is 5. The van der Waals surface area contributed by atoms with Crippen LogP contribution in [0.2, 0.25) is 0 Å². The van der Waals surface area contributed by atoms with Crippen LogP contribution in [0, 0.1) is 0 Å². The number of aromatic nitrogens is 1. The molecule has 1 fully saturated rings. The van der Waals surface area contributed by atoms with Crippen molar-refractivity contribution in [2.75, 3.05) is 0 Å². The second kappa shape index (κ2) is 7.09. The van der Waals surface area contributed by atoms with Crippen LogP contribution in [0.1, 0.15) is 47.9 Å². The zero-order chi connectivity index (χ0) is 16.1. The molecular formula is C17H18N2O4. The van der Waals surface area contributed by atoms with E-state index in [1.165, 1.54) is 12.3 Å². The zero-order valence-corrected chi connectivity index (χ0v) is 12.6. The topological polar surface area (TPSA) is 81.4 Å². The number of esters is 1. The first-order valence-electron chi connectivity index (χ1n) is 7.71. The van der Waals surface area contributed by atoms with Crippen LogP contribution in [0.4, 0.5) is 0 Å². The van der Waals surface area contributed by atoms with E-state index in [1.807, 2.05) is 6.07 Å². The van der Waals surface area contributed by atoms with E-state index in [4.69, 9.17) is 9.26 Å². The summed E-state index contributed by atoms with van der Waals surface area (Å²) in [7, 11) is 0. The third-order valence-corrected chi connectivity index (χ3v) is 3.91.